The second-order valence-electron chi connectivity index (χ2n) is 8.26. The molecule has 35 heavy (non-hydrogen) atoms. The second kappa shape index (κ2) is 10.8. The van der Waals surface area contributed by atoms with Gasteiger partial charge in [0.15, 0.2) is 0 Å². The molecule has 8 nitrogen and oxygen atoms in total. The van der Waals surface area contributed by atoms with E-state index in [1.165, 1.54) is 0 Å². The van der Waals surface area contributed by atoms with Crippen LogP contribution in [0.4, 0.5) is 5.69 Å². The normalized spacial score (nSPS) is 10.9. The van der Waals surface area contributed by atoms with Crippen LogP contribution in [0.25, 0.3) is 22.5 Å². The number of carbonyl (C=O) groups is 1. The Bertz CT molecular complexity index is 1280. The van der Waals surface area contributed by atoms with Crippen molar-refractivity contribution in [3.05, 3.63) is 78.2 Å². The maximum atomic E-state index is 13.1. The van der Waals surface area contributed by atoms with E-state index in [2.05, 4.69) is 15.5 Å². The number of anilines is 1. The van der Waals surface area contributed by atoms with Gasteiger partial charge in [0.05, 0.1) is 12.7 Å². The van der Waals surface area contributed by atoms with Crippen molar-refractivity contribution in [3.63, 3.8) is 0 Å². The Kier molecular flexibility index (Phi) is 7.42. The number of nitrogens with zero attached hydrogens (tertiary/aromatic N) is 3. The highest BCUT2D eigenvalue weighted by Crippen LogP contribution is 2.30. The molecular weight excluding hydrogens is 444 g/mol. The number of aromatic nitrogens is 2. The molecule has 1 heterocycles. The number of carbonyl (C=O) groups excluding carboxylic acids is 1. The van der Waals surface area contributed by atoms with Crippen LogP contribution in [0, 0.1) is 6.92 Å². The zero-order chi connectivity index (χ0) is 24.8. The number of aryl methyl sites for hydroxylation is 1. The van der Waals surface area contributed by atoms with Crippen molar-refractivity contribution in [1.29, 1.82) is 0 Å². The molecular formula is C27H28N4O4. The SMILES string of the molecule is COc1ccc(NC(=O)c2ccc(-c3ccc(-c4noc(C)n4)cc3)cc2OCCN(C)C)cc1. The number of likely N-dealkylation sites (N-methyl/N-ethyl adjacent to an activating group) is 1. The number of nitrogens with one attached hydrogen (secondary N) is 1. The van der Waals surface area contributed by atoms with Crippen molar-refractivity contribution in [1.82, 2.24) is 15.0 Å². The third kappa shape index (κ3) is 6.04. The summed E-state index contributed by atoms with van der Waals surface area (Å²) in [5.74, 6) is 2.07. The smallest absolute Gasteiger partial charge is 0.259 e. The van der Waals surface area contributed by atoms with Crippen molar-refractivity contribution in [3.8, 4) is 34.0 Å². The molecule has 0 fully saturated rings. The van der Waals surface area contributed by atoms with Gasteiger partial charge in [-0.05, 0) is 61.6 Å². The third-order valence-corrected chi connectivity index (χ3v) is 5.37. The summed E-state index contributed by atoms with van der Waals surface area (Å²) in [6.07, 6.45) is 0. The van der Waals surface area contributed by atoms with Crippen molar-refractivity contribution >= 4 is 11.6 Å². The van der Waals surface area contributed by atoms with Gasteiger partial charge in [0, 0.05) is 24.7 Å². The molecule has 0 aliphatic rings. The Balaban J connectivity index is 1.58. The maximum Gasteiger partial charge on any atom is 0.259 e. The Morgan fingerprint density at radius 1 is 0.971 bits per heavy atom. The first-order valence-corrected chi connectivity index (χ1v) is 11.2. The van der Waals surface area contributed by atoms with Crippen LogP contribution in [0.15, 0.2) is 71.3 Å². The van der Waals surface area contributed by atoms with Gasteiger partial charge in [-0.3, -0.25) is 4.79 Å². The molecule has 8 heteroatoms. The summed E-state index contributed by atoms with van der Waals surface area (Å²) >= 11 is 0. The van der Waals surface area contributed by atoms with Crippen LogP contribution in [-0.4, -0.2) is 55.3 Å². The number of hydrogen-bond donors (Lipinski definition) is 1. The standard InChI is InChI=1S/C27H28N4O4/c1-18-28-26(30-35-18)20-7-5-19(6-8-20)21-9-14-24(25(17-21)34-16-15-31(2)3)27(32)29-22-10-12-23(33-4)13-11-22/h5-14,17H,15-16H2,1-4H3,(H,29,32). The van der Waals surface area contributed by atoms with Crippen LogP contribution in [0.5, 0.6) is 11.5 Å². The first kappa shape index (κ1) is 24.0. The van der Waals surface area contributed by atoms with Crippen molar-refractivity contribution in [2.45, 2.75) is 6.92 Å². The predicted octanol–water partition coefficient (Wildman–Crippen LogP) is 4.91. The molecule has 0 saturated carbocycles. The molecule has 4 aromatic rings. The van der Waals surface area contributed by atoms with Crippen molar-refractivity contribution < 1.29 is 18.8 Å². The van der Waals surface area contributed by atoms with Crippen LogP contribution >= 0.6 is 0 Å². The summed E-state index contributed by atoms with van der Waals surface area (Å²) < 4.78 is 16.3. The Morgan fingerprint density at radius 2 is 1.66 bits per heavy atom. The third-order valence-electron chi connectivity index (χ3n) is 5.37. The lowest BCUT2D eigenvalue weighted by Crippen LogP contribution is -2.21. The molecule has 1 aromatic heterocycles. The summed E-state index contributed by atoms with van der Waals surface area (Å²) in [7, 11) is 5.56. The molecule has 3 aromatic carbocycles. The van der Waals surface area contributed by atoms with Crippen molar-refractivity contribution in [2.24, 2.45) is 0 Å². The molecule has 0 bridgehead atoms. The Labute approximate surface area is 204 Å². The van der Waals surface area contributed by atoms with Crippen molar-refractivity contribution in [2.75, 3.05) is 39.7 Å². The van der Waals surface area contributed by atoms with Gasteiger partial charge < -0.3 is 24.2 Å². The molecule has 0 spiro atoms. The molecule has 0 saturated heterocycles. The monoisotopic (exact) mass is 472 g/mol. The topological polar surface area (TPSA) is 89.7 Å². The molecule has 0 atom stereocenters. The van der Waals surface area contributed by atoms with Gasteiger partial charge in [-0.2, -0.15) is 4.98 Å². The van der Waals surface area contributed by atoms with Crippen LogP contribution in [0.2, 0.25) is 0 Å². The highest BCUT2D eigenvalue weighted by atomic mass is 16.5. The molecule has 0 unspecified atom stereocenters. The quantitative estimate of drug-likeness (QED) is 0.370. The average molecular weight is 473 g/mol. The molecule has 0 radical (unpaired) electrons. The number of methoxy groups -OCH3 is 1. The van der Waals surface area contributed by atoms with Gasteiger partial charge in [0.2, 0.25) is 11.7 Å². The lowest BCUT2D eigenvalue weighted by atomic mass is 10.0. The molecule has 0 aliphatic heterocycles. The maximum absolute atomic E-state index is 13.1. The van der Waals surface area contributed by atoms with E-state index in [0.29, 0.717) is 35.3 Å². The number of hydrogen-bond acceptors (Lipinski definition) is 7. The summed E-state index contributed by atoms with van der Waals surface area (Å²) in [6, 6.07) is 20.6. The van der Waals surface area contributed by atoms with Crippen LogP contribution in [-0.2, 0) is 0 Å². The summed E-state index contributed by atoms with van der Waals surface area (Å²) in [4.78, 5) is 19.4. The molecule has 1 amide bonds. The van der Waals surface area contributed by atoms with Crippen LogP contribution in [0.1, 0.15) is 16.2 Å². The summed E-state index contributed by atoms with van der Waals surface area (Å²) in [5.41, 5.74) is 3.91. The first-order valence-electron chi connectivity index (χ1n) is 11.2. The fraction of sp³-hybridized carbons (Fsp3) is 0.222. The fourth-order valence-corrected chi connectivity index (χ4v) is 3.45. The zero-order valence-electron chi connectivity index (χ0n) is 20.2. The minimum atomic E-state index is -0.246. The number of benzene rings is 3. The van der Waals surface area contributed by atoms with E-state index in [9.17, 15) is 4.79 Å². The van der Waals surface area contributed by atoms with E-state index in [1.54, 1.807) is 44.4 Å². The number of rotatable bonds is 9. The molecule has 1 N–H and O–H groups in total. The number of amides is 1. The van der Waals surface area contributed by atoms with Crippen LogP contribution in [0.3, 0.4) is 0 Å². The first-order chi connectivity index (χ1) is 16.9. The highest BCUT2D eigenvalue weighted by Gasteiger charge is 2.15. The summed E-state index contributed by atoms with van der Waals surface area (Å²) in [5, 5.41) is 6.89. The van der Waals surface area contributed by atoms with Crippen LogP contribution < -0.4 is 14.8 Å². The predicted molar refractivity (Wildman–Crippen MR) is 135 cm³/mol. The van der Waals surface area contributed by atoms with E-state index < -0.39 is 0 Å². The van der Waals surface area contributed by atoms with E-state index in [4.69, 9.17) is 14.0 Å². The average Bonchev–Trinajstić information content (AvgIpc) is 3.30. The minimum absolute atomic E-state index is 0.246. The highest BCUT2D eigenvalue weighted by molar-refractivity contribution is 6.06. The van der Waals surface area contributed by atoms with E-state index in [-0.39, 0.29) is 5.91 Å². The fourth-order valence-electron chi connectivity index (χ4n) is 3.45. The molecule has 4 rings (SSSR count). The van der Waals surface area contributed by atoms with E-state index in [1.807, 2.05) is 55.4 Å². The molecule has 0 aliphatic carbocycles. The van der Waals surface area contributed by atoms with Gasteiger partial charge in [-0.15, -0.1) is 0 Å². The lowest BCUT2D eigenvalue weighted by Gasteiger charge is -2.16. The second-order valence-corrected chi connectivity index (χ2v) is 8.26. The van der Waals surface area contributed by atoms with Gasteiger partial charge in [-0.1, -0.05) is 35.5 Å². The van der Waals surface area contributed by atoms with Gasteiger partial charge in [0.25, 0.3) is 5.91 Å². The van der Waals surface area contributed by atoms with E-state index in [0.717, 1.165) is 29.0 Å². The number of ether oxygens (including phenoxy) is 2. The van der Waals surface area contributed by atoms with Gasteiger partial charge >= 0.3 is 0 Å². The minimum Gasteiger partial charge on any atom is -0.497 e. The largest absolute Gasteiger partial charge is 0.497 e. The zero-order valence-corrected chi connectivity index (χ0v) is 20.2. The Hall–Kier alpha value is -4.17. The van der Waals surface area contributed by atoms with E-state index >= 15 is 0 Å². The Morgan fingerprint density at radius 3 is 2.29 bits per heavy atom. The van der Waals surface area contributed by atoms with Gasteiger partial charge in [0.1, 0.15) is 18.1 Å². The lowest BCUT2D eigenvalue weighted by molar-refractivity contribution is 0.102. The summed E-state index contributed by atoms with van der Waals surface area (Å²) in [6.45, 7) is 2.94. The molecule has 180 valence electrons. The van der Waals surface area contributed by atoms with Gasteiger partial charge in [-0.25, -0.2) is 0 Å².